The van der Waals surface area contributed by atoms with Gasteiger partial charge in [0.15, 0.2) is 6.61 Å². The van der Waals surface area contributed by atoms with Crippen molar-refractivity contribution in [3.63, 3.8) is 0 Å². The smallest absolute Gasteiger partial charge is 0.258 e. The van der Waals surface area contributed by atoms with Gasteiger partial charge in [-0.1, -0.05) is 48.5 Å². The molecule has 4 aromatic rings. The highest BCUT2D eigenvalue weighted by Gasteiger charge is 2.28. The molecule has 0 aliphatic carbocycles. The number of hydrogen-bond acceptors (Lipinski definition) is 4. The second-order valence-corrected chi connectivity index (χ2v) is 7.00. The molecule has 28 heavy (non-hydrogen) atoms. The summed E-state index contributed by atoms with van der Waals surface area (Å²) >= 11 is 0. The lowest BCUT2D eigenvalue weighted by molar-refractivity contribution is -0.124. The number of furan rings is 1. The van der Waals surface area contributed by atoms with E-state index in [9.17, 15) is 9.90 Å². The van der Waals surface area contributed by atoms with Gasteiger partial charge >= 0.3 is 0 Å². The molecule has 0 fully saturated rings. The Bertz CT molecular complexity index is 1100. The molecule has 0 saturated carbocycles. The Balaban J connectivity index is 1.35. The summed E-state index contributed by atoms with van der Waals surface area (Å²) in [6, 6.07) is 22.9. The van der Waals surface area contributed by atoms with E-state index < -0.39 is 5.60 Å². The molecule has 1 aromatic heterocycles. The lowest BCUT2D eigenvalue weighted by atomic mass is 10.0. The van der Waals surface area contributed by atoms with E-state index in [1.54, 1.807) is 13.0 Å². The third kappa shape index (κ3) is 3.85. The Labute approximate surface area is 162 Å². The van der Waals surface area contributed by atoms with Gasteiger partial charge in [-0.3, -0.25) is 4.79 Å². The number of para-hydroxylation sites is 1. The molecule has 0 radical (unpaired) electrons. The first-order valence-corrected chi connectivity index (χ1v) is 9.11. The summed E-state index contributed by atoms with van der Waals surface area (Å²) in [4.78, 5) is 12.2. The van der Waals surface area contributed by atoms with Gasteiger partial charge in [0.1, 0.15) is 22.7 Å². The van der Waals surface area contributed by atoms with Crippen LogP contribution in [0.25, 0.3) is 21.7 Å². The third-order valence-corrected chi connectivity index (χ3v) is 4.68. The summed E-state index contributed by atoms with van der Waals surface area (Å²) in [7, 11) is 0. The van der Waals surface area contributed by atoms with Crippen LogP contribution in [0.5, 0.6) is 5.75 Å². The van der Waals surface area contributed by atoms with Crippen molar-refractivity contribution >= 4 is 27.6 Å². The summed E-state index contributed by atoms with van der Waals surface area (Å²) in [5.41, 5.74) is -0.624. The Morgan fingerprint density at radius 3 is 2.50 bits per heavy atom. The molecule has 1 atom stereocenters. The molecule has 142 valence electrons. The third-order valence-electron chi connectivity index (χ3n) is 4.68. The van der Waals surface area contributed by atoms with Crippen molar-refractivity contribution in [1.29, 1.82) is 0 Å². The molecule has 0 spiro atoms. The Kier molecular flexibility index (Phi) is 4.75. The van der Waals surface area contributed by atoms with E-state index in [0.717, 1.165) is 16.2 Å². The van der Waals surface area contributed by atoms with Gasteiger partial charge in [0.25, 0.3) is 5.91 Å². The van der Waals surface area contributed by atoms with E-state index in [0.29, 0.717) is 17.1 Å². The van der Waals surface area contributed by atoms with E-state index >= 15 is 0 Å². The highest BCUT2D eigenvalue weighted by molar-refractivity contribution is 5.84. The van der Waals surface area contributed by atoms with E-state index in [2.05, 4.69) is 5.32 Å². The number of ether oxygens (including phenoxy) is 1. The minimum Gasteiger partial charge on any atom is -0.484 e. The molecule has 5 heteroatoms. The number of hydrogen-bond donors (Lipinski definition) is 2. The monoisotopic (exact) mass is 375 g/mol. The molecular formula is C23H21NO4. The van der Waals surface area contributed by atoms with Crippen LogP contribution in [0.3, 0.4) is 0 Å². The summed E-state index contributed by atoms with van der Waals surface area (Å²) in [6.07, 6.45) is 0. The van der Waals surface area contributed by atoms with Crippen molar-refractivity contribution in [2.75, 3.05) is 13.2 Å². The van der Waals surface area contributed by atoms with Gasteiger partial charge in [-0.15, -0.1) is 0 Å². The lowest BCUT2D eigenvalue weighted by Crippen LogP contribution is -2.40. The highest BCUT2D eigenvalue weighted by atomic mass is 16.5. The minimum atomic E-state index is -1.32. The topological polar surface area (TPSA) is 71.7 Å². The Morgan fingerprint density at radius 1 is 1.00 bits per heavy atom. The zero-order valence-corrected chi connectivity index (χ0v) is 15.5. The van der Waals surface area contributed by atoms with Crippen LogP contribution in [-0.2, 0) is 10.4 Å². The van der Waals surface area contributed by atoms with E-state index in [1.807, 2.05) is 66.7 Å². The number of aliphatic hydroxyl groups is 1. The van der Waals surface area contributed by atoms with Gasteiger partial charge in [-0.25, -0.2) is 0 Å². The molecule has 5 nitrogen and oxygen atoms in total. The maximum atomic E-state index is 12.2. The number of fused-ring (bicyclic) bond motifs is 2. The second kappa shape index (κ2) is 7.37. The molecule has 0 saturated heterocycles. The molecule has 0 aliphatic heterocycles. The first-order chi connectivity index (χ1) is 13.5. The fraction of sp³-hybridized carbons (Fsp3) is 0.174. The molecule has 0 bridgehead atoms. The molecule has 2 N–H and O–H groups in total. The van der Waals surface area contributed by atoms with Crippen molar-refractivity contribution in [3.05, 3.63) is 78.6 Å². The standard InChI is InChI=1S/C23H21NO4/c1-23(26,21-13-18-8-4-5-9-20(18)28-21)15-24-22(25)14-27-19-11-10-16-6-2-3-7-17(16)12-19/h2-13,26H,14-15H2,1H3,(H,24,25). The predicted molar refractivity (Wildman–Crippen MR) is 108 cm³/mol. The molecule has 3 aromatic carbocycles. The number of carbonyl (C=O) groups is 1. The van der Waals surface area contributed by atoms with Crippen molar-refractivity contribution in [2.45, 2.75) is 12.5 Å². The van der Waals surface area contributed by atoms with Gasteiger partial charge in [-0.05, 0) is 42.0 Å². The summed E-state index contributed by atoms with van der Waals surface area (Å²) < 4.78 is 11.3. The average Bonchev–Trinajstić information content (AvgIpc) is 3.16. The van der Waals surface area contributed by atoms with Crippen LogP contribution in [-0.4, -0.2) is 24.2 Å². The van der Waals surface area contributed by atoms with Crippen LogP contribution in [0.15, 0.2) is 77.2 Å². The zero-order chi connectivity index (χ0) is 19.6. The summed E-state index contributed by atoms with van der Waals surface area (Å²) in [5.74, 6) is 0.715. The molecule has 0 aliphatic rings. The predicted octanol–water partition coefficient (Wildman–Crippen LogP) is 3.99. The van der Waals surface area contributed by atoms with Crippen molar-refractivity contribution in [3.8, 4) is 5.75 Å². The molecular weight excluding hydrogens is 354 g/mol. The molecule has 1 amide bonds. The Morgan fingerprint density at radius 2 is 1.71 bits per heavy atom. The summed E-state index contributed by atoms with van der Waals surface area (Å²) in [5, 5.41) is 16.5. The van der Waals surface area contributed by atoms with Crippen LogP contribution in [0.2, 0.25) is 0 Å². The van der Waals surface area contributed by atoms with Crippen LogP contribution < -0.4 is 10.1 Å². The second-order valence-electron chi connectivity index (χ2n) is 7.00. The first kappa shape index (κ1) is 18.1. The van der Waals surface area contributed by atoms with Gasteiger partial charge in [-0.2, -0.15) is 0 Å². The molecule has 4 rings (SSSR count). The largest absolute Gasteiger partial charge is 0.484 e. The van der Waals surface area contributed by atoms with Gasteiger partial charge < -0.3 is 19.6 Å². The van der Waals surface area contributed by atoms with Gasteiger partial charge in [0.2, 0.25) is 0 Å². The minimum absolute atomic E-state index is 0.0206. The molecule has 1 heterocycles. The van der Waals surface area contributed by atoms with Crippen LogP contribution in [0.1, 0.15) is 12.7 Å². The van der Waals surface area contributed by atoms with Gasteiger partial charge in [0.05, 0.1) is 6.54 Å². The van der Waals surface area contributed by atoms with Gasteiger partial charge in [0, 0.05) is 5.39 Å². The Hall–Kier alpha value is -3.31. The number of carbonyl (C=O) groups excluding carboxylic acids is 1. The zero-order valence-electron chi connectivity index (χ0n) is 15.5. The first-order valence-electron chi connectivity index (χ1n) is 9.11. The maximum Gasteiger partial charge on any atom is 0.258 e. The van der Waals surface area contributed by atoms with E-state index in [-0.39, 0.29) is 19.1 Å². The number of nitrogens with one attached hydrogen (secondary N) is 1. The van der Waals surface area contributed by atoms with Crippen molar-refractivity contribution in [1.82, 2.24) is 5.32 Å². The van der Waals surface area contributed by atoms with Crippen molar-refractivity contribution in [2.24, 2.45) is 0 Å². The fourth-order valence-corrected chi connectivity index (χ4v) is 3.06. The lowest BCUT2D eigenvalue weighted by Gasteiger charge is -2.21. The van der Waals surface area contributed by atoms with Crippen LogP contribution >= 0.6 is 0 Å². The van der Waals surface area contributed by atoms with E-state index in [4.69, 9.17) is 9.15 Å². The highest BCUT2D eigenvalue weighted by Crippen LogP contribution is 2.27. The fourth-order valence-electron chi connectivity index (χ4n) is 3.06. The molecule has 1 unspecified atom stereocenters. The number of benzene rings is 3. The normalized spacial score (nSPS) is 13.4. The average molecular weight is 375 g/mol. The summed E-state index contributed by atoms with van der Waals surface area (Å²) in [6.45, 7) is 1.50. The quantitative estimate of drug-likeness (QED) is 0.535. The van der Waals surface area contributed by atoms with E-state index in [1.165, 1.54) is 0 Å². The maximum absolute atomic E-state index is 12.2. The SMILES string of the molecule is CC(O)(CNC(=O)COc1ccc2ccccc2c1)c1cc2ccccc2o1. The van der Waals surface area contributed by atoms with Crippen LogP contribution in [0, 0.1) is 0 Å². The number of amides is 1. The van der Waals surface area contributed by atoms with Crippen molar-refractivity contribution < 1.29 is 19.1 Å². The van der Waals surface area contributed by atoms with Crippen LogP contribution in [0.4, 0.5) is 0 Å². The number of rotatable bonds is 6.